The SMILES string of the molecule is N#Cc1ccc(CS(=O)(=O)Nc2ccc(O)cc2N)cc1. The van der Waals surface area contributed by atoms with Crippen LogP contribution >= 0.6 is 0 Å². The van der Waals surface area contributed by atoms with E-state index in [1.54, 1.807) is 24.3 Å². The predicted molar refractivity (Wildman–Crippen MR) is 79.9 cm³/mol. The third-order valence-electron chi connectivity index (χ3n) is 2.74. The van der Waals surface area contributed by atoms with Gasteiger partial charge in [0.1, 0.15) is 5.75 Å². The van der Waals surface area contributed by atoms with E-state index in [4.69, 9.17) is 11.0 Å². The van der Waals surface area contributed by atoms with Gasteiger partial charge in [-0.05, 0) is 29.8 Å². The van der Waals surface area contributed by atoms with Crippen molar-refractivity contribution >= 4 is 21.4 Å². The molecular weight excluding hydrogens is 290 g/mol. The standard InChI is InChI=1S/C14H13N3O3S/c15-8-10-1-3-11(4-2-10)9-21(19,20)17-14-6-5-12(18)7-13(14)16/h1-7,17-18H,9,16H2. The van der Waals surface area contributed by atoms with Gasteiger partial charge in [-0.2, -0.15) is 5.26 Å². The smallest absolute Gasteiger partial charge is 0.236 e. The van der Waals surface area contributed by atoms with Crippen LogP contribution in [0.1, 0.15) is 11.1 Å². The molecule has 0 atom stereocenters. The molecule has 0 unspecified atom stereocenters. The molecule has 0 aromatic heterocycles. The lowest BCUT2D eigenvalue weighted by molar-refractivity contribution is 0.475. The molecule has 0 aliphatic rings. The molecular formula is C14H13N3O3S. The van der Waals surface area contributed by atoms with Crippen molar-refractivity contribution in [1.82, 2.24) is 0 Å². The fourth-order valence-electron chi connectivity index (χ4n) is 1.74. The topological polar surface area (TPSA) is 116 Å². The lowest BCUT2D eigenvalue weighted by Crippen LogP contribution is -2.16. The number of phenols is 1. The summed E-state index contributed by atoms with van der Waals surface area (Å²) < 4.78 is 26.5. The average Bonchev–Trinajstić information content (AvgIpc) is 2.42. The molecule has 2 aromatic rings. The minimum atomic E-state index is -3.64. The van der Waals surface area contributed by atoms with Crippen molar-refractivity contribution in [3.8, 4) is 11.8 Å². The summed E-state index contributed by atoms with van der Waals surface area (Å²) in [6.45, 7) is 0. The van der Waals surface area contributed by atoms with Crippen LogP contribution in [0.5, 0.6) is 5.75 Å². The molecule has 0 saturated carbocycles. The number of phenolic OH excluding ortho intramolecular Hbond substituents is 1. The number of nitrogens with one attached hydrogen (secondary N) is 1. The van der Waals surface area contributed by atoms with Crippen molar-refractivity contribution in [2.24, 2.45) is 0 Å². The van der Waals surface area contributed by atoms with Crippen molar-refractivity contribution in [1.29, 1.82) is 5.26 Å². The van der Waals surface area contributed by atoms with Gasteiger partial charge >= 0.3 is 0 Å². The second-order valence-corrected chi connectivity index (χ2v) is 6.16. The molecule has 0 saturated heterocycles. The fourth-order valence-corrected chi connectivity index (χ4v) is 2.97. The van der Waals surface area contributed by atoms with Crippen LogP contribution in [0.4, 0.5) is 11.4 Å². The second kappa shape index (κ2) is 5.73. The molecule has 0 aliphatic heterocycles. The van der Waals surface area contributed by atoms with Gasteiger partial charge in [0.2, 0.25) is 10.0 Å². The summed E-state index contributed by atoms with van der Waals surface area (Å²) in [4.78, 5) is 0. The molecule has 0 radical (unpaired) electrons. The zero-order chi connectivity index (χ0) is 15.5. The minimum absolute atomic E-state index is 0.0393. The fraction of sp³-hybridized carbons (Fsp3) is 0.0714. The van der Waals surface area contributed by atoms with Crippen LogP contribution in [0, 0.1) is 11.3 Å². The van der Waals surface area contributed by atoms with E-state index in [2.05, 4.69) is 4.72 Å². The maximum Gasteiger partial charge on any atom is 0.236 e. The van der Waals surface area contributed by atoms with Crippen molar-refractivity contribution in [3.63, 3.8) is 0 Å². The van der Waals surface area contributed by atoms with Crippen LogP contribution in [0.3, 0.4) is 0 Å². The molecule has 21 heavy (non-hydrogen) atoms. The van der Waals surface area contributed by atoms with Crippen LogP contribution in [-0.2, 0) is 15.8 Å². The van der Waals surface area contributed by atoms with E-state index in [0.717, 1.165) is 0 Å². The largest absolute Gasteiger partial charge is 0.508 e. The zero-order valence-corrected chi connectivity index (χ0v) is 11.8. The molecule has 0 amide bonds. The summed E-state index contributed by atoms with van der Waals surface area (Å²) in [5.74, 6) is -0.276. The number of hydrogen-bond donors (Lipinski definition) is 3. The summed E-state index contributed by atoms with van der Waals surface area (Å²) in [6, 6.07) is 12.2. The number of nitriles is 1. The molecule has 2 rings (SSSR count). The Morgan fingerprint density at radius 1 is 1.19 bits per heavy atom. The average molecular weight is 303 g/mol. The Bertz CT molecular complexity index is 793. The van der Waals surface area contributed by atoms with E-state index in [0.29, 0.717) is 11.1 Å². The molecule has 4 N–H and O–H groups in total. The molecule has 0 bridgehead atoms. The van der Waals surface area contributed by atoms with Gasteiger partial charge in [0.15, 0.2) is 0 Å². The zero-order valence-electron chi connectivity index (χ0n) is 10.9. The molecule has 108 valence electrons. The van der Waals surface area contributed by atoms with E-state index in [-0.39, 0.29) is 22.9 Å². The van der Waals surface area contributed by atoms with Crippen molar-refractivity contribution < 1.29 is 13.5 Å². The maximum atomic E-state index is 12.1. The Kier molecular flexibility index (Phi) is 4.00. The number of rotatable bonds is 4. The third-order valence-corrected chi connectivity index (χ3v) is 3.98. The number of benzene rings is 2. The Morgan fingerprint density at radius 2 is 1.86 bits per heavy atom. The molecule has 0 fully saturated rings. The van der Waals surface area contributed by atoms with Gasteiger partial charge in [-0.25, -0.2) is 8.42 Å². The molecule has 2 aromatic carbocycles. The van der Waals surface area contributed by atoms with Crippen LogP contribution in [-0.4, -0.2) is 13.5 Å². The van der Waals surface area contributed by atoms with E-state index in [9.17, 15) is 13.5 Å². The summed E-state index contributed by atoms with van der Waals surface area (Å²) >= 11 is 0. The van der Waals surface area contributed by atoms with Crippen molar-refractivity contribution in [3.05, 3.63) is 53.6 Å². The summed E-state index contributed by atoms with van der Waals surface area (Å²) in [7, 11) is -3.64. The van der Waals surface area contributed by atoms with Crippen LogP contribution < -0.4 is 10.5 Å². The summed E-state index contributed by atoms with van der Waals surface area (Å²) in [5.41, 5.74) is 7.00. The first-order valence-electron chi connectivity index (χ1n) is 5.97. The van der Waals surface area contributed by atoms with Gasteiger partial charge in [-0.1, -0.05) is 12.1 Å². The first-order valence-corrected chi connectivity index (χ1v) is 7.63. The number of anilines is 2. The number of aromatic hydroxyl groups is 1. The number of hydrogen-bond acceptors (Lipinski definition) is 5. The summed E-state index contributed by atoms with van der Waals surface area (Å²) in [6.07, 6.45) is 0. The Balaban J connectivity index is 2.16. The van der Waals surface area contributed by atoms with E-state index in [1.807, 2.05) is 6.07 Å². The van der Waals surface area contributed by atoms with Crippen molar-refractivity contribution in [2.45, 2.75) is 5.75 Å². The highest BCUT2D eigenvalue weighted by atomic mass is 32.2. The van der Waals surface area contributed by atoms with Crippen LogP contribution in [0.2, 0.25) is 0 Å². The monoisotopic (exact) mass is 303 g/mol. The molecule has 0 aliphatic carbocycles. The Hall–Kier alpha value is -2.72. The summed E-state index contributed by atoms with van der Waals surface area (Å²) in [5, 5.41) is 17.9. The predicted octanol–water partition coefficient (Wildman–Crippen LogP) is 1.79. The lowest BCUT2D eigenvalue weighted by atomic mass is 10.2. The highest BCUT2D eigenvalue weighted by molar-refractivity contribution is 7.91. The quantitative estimate of drug-likeness (QED) is 0.588. The van der Waals surface area contributed by atoms with Crippen molar-refractivity contribution in [2.75, 3.05) is 10.5 Å². The Labute approximate surface area is 122 Å². The highest BCUT2D eigenvalue weighted by Crippen LogP contribution is 2.24. The van der Waals surface area contributed by atoms with E-state index >= 15 is 0 Å². The highest BCUT2D eigenvalue weighted by Gasteiger charge is 2.13. The van der Waals surface area contributed by atoms with Crippen LogP contribution in [0.15, 0.2) is 42.5 Å². The van der Waals surface area contributed by atoms with Gasteiger partial charge in [0.05, 0.1) is 28.8 Å². The minimum Gasteiger partial charge on any atom is -0.508 e. The first-order chi connectivity index (χ1) is 9.89. The third kappa shape index (κ3) is 3.87. The van der Waals surface area contributed by atoms with Gasteiger partial charge < -0.3 is 10.8 Å². The van der Waals surface area contributed by atoms with Gasteiger partial charge in [-0.15, -0.1) is 0 Å². The van der Waals surface area contributed by atoms with Gasteiger partial charge in [0, 0.05) is 6.07 Å². The molecule has 7 heteroatoms. The first kappa shape index (κ1) is 14.7. The molecule has 0 spiro atoms. The number of nitrogens with zero attached hydrogens (tertiary/aromatic N) is 1. The molecule has 0 heterocycles. The maximum absolute atomic E-state index is 12.1. The molecule has 6 nitrogen and oxygen atoms in total. The van der Waals surface area contributed by atoms with Gasteiger partial charge in [0.25, 0.3) is 0 Å². The van der Waals surface area contributed by atoms with Crippen LogP contribution in [0.25, 0.3) is 0 Å². The number of sulfonamides is 1. The van der Waals surface area contributed by atoms with E-state index < -0.39 is 10.0 Å². The number of nitrogen functional groups attached to an aromatic ring is 1. The number of nitrogens with two attached hydrogens (primary N) is 1. The van der Waals surface area contributed by atoms with E-state index in [1.165, 1.54) is 18.2 Å². The Morgan fingerprint density at radius 3 is 2.43 bits per heavy atom. The lowest BCUT2D eigenvalue weighted by Gasteiger charge is -2.10. The van der Waals surface area contributed by atoms with Gasteiger partial charge in [-0.3, -0.25) is 4.72 Å². The second-order valence-electron chi connectivity index (χ2n) is 4.44. The normalized spacial score (nSPS) is 10.8.